The van der Waals surface area contributed by atoms with E-state index in [1.807, 2.05) is 39.0 Å². The van der Waals surface area contributed by atoms with E-state index in [4.69, 9.17) is 11.6 Å². The summed E-state index contributed by atoms with van der Waals surface area (Å²) in [5, 5.41) is 2.61. The fraction of sp³-hybridized carbons (Fsp3) is 0.138. The number of amides is 1. The van der Waals surface area contributed by atoms with E-state index in [0.717, 1.165) is 22.3 Å². The summed E-state index contributed by atoms with van der Waals surface area (Å²) in [6, 6.07) is 20.4. The summed E-state index contributed by atoms with van der Waals surface area (Å²) in [4.78, 5) is 12.7. The van der Waals surface area contributed by atoms with Crippen LogP contribution in [0.25, 0.3) is 0 Å². The highest BCUT2D eigenvalue weighted by molar-refractivity contribution is 7.93. The van der Waals surface area contributed by atoms with Gasteiger partial charge in [-0.3, -0.25) is 14.2 Å². The van der Waals surface area contributed by atoms with Crippen molar-refractivity contribution < 1.29 is 21.6 Å². The third-order valence-electron chi connectivity index (χ3n) is 6.18. The fourth-order valence-electron chi connectivity index (χ4n) is 3.87. The molecular formula is C29H28ClN3O5S2. The van der Waals surface area contributed by atoms with Crippen LogP contribution >= 0.6 is 11.6 Å². The zero-order chi connectivity index (χ0) is 29.2. The zero-order valence-electron chi connectivity index (χ0n) is 22.2. The number of hydrogen-bond acceptors (Lipinski definition) is 5. The van der Waals surface area contributed by atoms with Crippen LogP contribution < -0.4 is 14.8 Å². The highest BCUT2D eigenvalue weighted by atomic mass is 35.5. The van der Waals surface area contributed by atoms with Crippen LogP contribution in [-0.4, -0.2) is 22.7 Å². The number of carbonyl (C=O) groups excluding carboxylic acids is 1. The van der Waals surface area contributed by atoms with Crippen LogP contribution in [0.2, 0.25) is 5.02 Å². The molecular weight excluding hydrogens is 570 g/mol. The molecule has 0 saturated heterocycles. The summed E-state index contributed by atoms with van der Waals surface area (Å²) in [5.74, 6) is -0.594. The molecule has 1 amide bonds. The number of halogens is 1. The average molecular weight is 598 g/mol. The van der Waals surface area contributed by atoms with Crippen molar-refractivity contribution in [1.82, 2.24) is 0 Å². The van der Waals surface area contributed by atoms with Crippen LogP contribution in [0, 0.1) is 27.7 Å². The highest BCUT2D eigenvalue weighted by Crippen LogP contribution is 2.28. The van der Waals surface area contributed by atoms with Gasteiger partial charge in [-0.2, -0.15) is 0 Å². The summed E-state index contributed by atoms with van der Waals surface area (Å²) in [7, 11) is -7.96. The summed E-state index contributed by atoms with van der Waals surface area (Å²) < 4.78 is 57.1. The standard InChI is InChI=1S/C29H28ClN3O5S2/c1-18-5-7-20(3)26(15-18)32-39(35,36)24-12-10-23(11-13-24)31-29(34)22-9-14-25(30)28(17-22)40(37,38)33-27-16-19(2)6-8-21(27)4/h5-17,32-33H,1-4H3,(H,31,34). The molecule has 0 aliphatic carbocycles. The molecule has 40 heavy (non-hydrogen) atoms. The maximum atomic E-state index is 13.1. The van der Waals surface area contributed by atoms with Gasteiger partial charge in [0.05, 0.1) is 21.3 Å². The molecule has 0 atom stereocenters. The molecule has 0 spiro atoms. The first kappa shape index (κ1) is 29.1. The van der Waals surface area contributed by atoms with Crippen LogP contribution in [0.15, 0.2) is 88.7 Å². The molecule has 0 radical (unpaired) electrons. The van der Waals surface area contributed by atoms with Gasteiger partial charge < -0.3 is 5.32 Å². The Labute approximate surface area is 239 Å². The zero-order valence-corrected chi connectivity index (χ0v) is 24.6. The van der Waals surface area contributed by atoms with E-state index in [9.17, 15) is 21.6 Å². The van der Waals surface area contributed by atoms with Gasteiger partial charge in [0.1, 0.15) is 4.90 Å². The largest absolute Gasteiger partial charge is 0.322 e. The molecule has 0 aromatic heterocycles. The van der Waals surface area contributed by atoms with E-state index in [2.05, 4.69) is 14.8 Å². The lowest BCUT2D eigenvalue weighted by Crippen LogP contribution is -2.17. The van der Waals surface area contributed by atoms with Crippen molar-refractivity contribution in [3.05, 3.63) is 112 Å². The molecule has 4 aromatic carbocycles. The summed E-state index contributed by atoms with van der Waals surface area (Å²) >= 11 is 6.21. The predicted molar refractivity (Wildman–Crippen MR) is 159 cm³/mol. The Hall–Kier alpha value is -3.86. The molecule has 0 aliphatic heterocycles. The first-order chi connectivity index (χ1) is 18.7. The molecule has 4 aromatic rings. The summed E-state index contributed by atoms with van der Waals surface area (Å²) in [6.45, 7) is 7.30. The van der Waals surface area contributed by atoms with Gasteiger partial charge in [0.15, 0.2) is 0 Å². The molecule has 208 valence electrons. The van der Waals surface area contributed by atoms with Gasteiger partial charge in [-0.15, -0.1) is 0 Å². The lowest BCUT2D eigenvalue weighted by Gasteiger charge is -2.14. The smallest absolute Gasteiger partial charge is 0.263 e. The van der Waals surface area contributed by atoms with Gasteiger partial charge in [0.2, 0.25) is 0 Å². The number of rotatable bonds is 8. The number of aryl methyl sites for hydroxylation is 4. The van der Waals surface area contributed by atoms with Gasteiger partial charge >= 0.3 is 0 Å². The monoisotopic (exact) mass is 597 g/mol. The van der Waals surface area contributed by atoms with Crippen LogP contribution in [0.1, 0.15) is 32.6 Å². The lowest BCUT2D eigenvalue weighted by atomic mass is 10.1. The number of hydrogen-bond donors (Lipinski definition) is 3. The topological polar surface area (TPSA) is 121 Å². The number of carbonyl (C=O) groups is 1. The Kier molecular flexibility index (Phi) is 8.25. The Bertz CT molecular complexity index is 1820. The van der Waals surface area contributed by atoms with Crippen molar-refractivity contribution >= 4 is 54.6 Å². The lowest BCUT2D eigenvalue weighted by molar-refractivity contribution is 0.102. The summed E-state index contributed by atoms with van der Waals surface area (Å²) in [5.41, 5.74) is 4.58. The van der Waals surface area contributed by atoms with Crippen LogP contribution in [-0.2, 0) is 20.0 Å². The number of anilines is 3. The Morgan fingerprint density at radius 2 is 1.18 bits per heavy atom. The third kappa shape index (κ3) is 6.64. The second kappa shape index (κ2) is 11.3. The maximum absolute atomic E-state index is 13.1. The van der Waals surface area contributed by atoms with Crippen molar-refractivity contribution in [2.24, 2.45) is 0 Å². The molecule has 0 unspecified atom stereocenters. The molecule has 3 N–H and O–H groups in total. The first-order valence-corrected chi connectivity index (χ1v) is 15.5. The number of sulfonamides is 2. The highest BCUT2D eigenvalue weighted by Gasteiger charge is 2.22. The molecule has 4 rings (SSSR count). The second-order valence-electron chi connectivity index (χ2n) is 9.47. The minimum Gasteiger partial charge on any atom is -0.322 e. The molecule has 0 bridgehead atoms. The van der Waals surface area contributed by atoms with Gasteiger partial charge in [0, 0.05) is 11.3 Å². The molecule has 11 heteroatoms. The van der Waals surface area contributed by atoms with Gasteiger partial charge in [-0.25, -0.2) is 16.8 Å². The van der Waals surface area contributed by atoms with Crippen molar-refractivity contribution in [3.63, 3.8) is 0 Å². The Balaban J connectivity index is 1.52. The quantitative estimate of drug-likeness (QED) is 0.216. The molecule has 0 fully saturated rings. The average Bonchev–Trinajstić information content (AvgIpc) is 2.88. The van der Waals surface area contributed by atoms with Gasteiger partial charge in [-0.1, -0.05) is 35.9 Å². The van der Waals surface area contributed by atoms with Gasteiger partial charge in [-0.05, 0) is 105 Å². The van der Waals surface area contributed by atoms with Crippen molar-refractivity contribution in [1.29, 1.82) is 0 Å². The molecule has 0 aliphatic rings. The van der Waals surface area contributed by atoms with E-state index in [1.54, 1.807) is 25.1 Å². The summed E-state index contributed by atoms with van der Waals surface area (Å²) in [6.07, 6.45) is 0. The minimum atomic E-state index is -4.10. The van der Waals surface area contributed by atoms with Crippen LogP contribution in [0.3, 0.4) is 0 Å². The van der Waals surface area contributed by atoms with Crippen LogP contribution in [0.5, 0.6) is 0 Å². The van der Waals surface area contributed by atoms with Gasteiger partial charge in [0.25, 0.3) is 26.0 Å². The van der Waals surface area contributed by atoms with Crippen molar-refractivity contribution in [2.45, 2.75) is 37.5 Å². The van der Waals surface area contributed by atoms with Crippen molar-refractivity contribution in [2.75, 3.05) is 14.8 Å². The molecule has 8 nitrogen and oxygen atoms in total. The van der Waals surface area contributed by atoms with Crippen molar-refractivity contribution in [3.8, 4) is 0 Å². The minimum absolute atomic E-state index is 0.0174. The van der Waals surface area contributed by atoms with E-state index in [1.165, 1.54) is 42.5 Å². The van der Waals surface area contributed by atoms with E-state index < -0.39 is 26.0 Å². The first-order valence-electron chi connectivity index (χ1n) is 12.2. The Morgan fingerprint density at radius 3 is 1.73 bits per heavy atom. The third-order valence-corrected chi connectivity index (χ3v) is 9.41. The SMILES string of the molecule is Cc1ccc(C)c(NS(=O)(=O)c2ccc(NC(=O)c3ccc(Cl)c(S(=O)(=O)Nc4cc(C)ccc4C)c3)cc2)c1. The normalized spacial score (nSPS) is 11.6. The second-order valence-corrected chi connectivity index (χ2v) is 13.2. The van der Waals surface area contributed by atoms with E-state index in [-0.39, 0.29) is 20.4 Å². The predicted octanol–water partition coefficient (Wildman–Crippen LogP) is 6.43. The van der Waals surface area contributed by atoms with E-state index >= 15 is 0 Å². The molecule has 0 saturated carbocycles. The maximum Gasteiger partial charge on any atom is 0.263 e. The Morgan fingerprint density at radius 1 is 0.650 bits per heavy atom. The fourth-order valence-corrected chi connectivity index (χ4v) is 6.64. The number of nitrogens with one attached hydrogen (secondary N) is 3. The van der Waals surface area contributed by atoms with Crippen LogP contribution in [0.4, 0.5) is 17.1 Å². The number of benzene rings is 4. The molecule has 0 heterocycles. The van der Waals surface area contributed by atoms with E-state index in [0.29, 0.717) is 17.1 Å².